The Morgan fingerprint density at radius 1 is 1.64 bits per heavy atom. The first kappa shape index (κ1) is 9.01. The summed E-state index contributed by atoms with van der Waals surface area (Å²) in [7, 11) is 0. The predicted octanol–water partition coefficient (Wildman–Crippen LogP) is 1.52. The van der Waals surface area contributed by atoms with Crippen molar-refractivity contribution in [1.29, 1.82) is 0 Å². The van der Waals surface area contributed by atoms with Gasteiger partial charge in [-0.2, -0.15) is 0 Å². The van der Waals surface area contributed by atoms with Gasteiger partial charge >= 0.3 is 0 Å². The van der Waals surface area contributed by atoms with Gasteiger partial charge in [0.1, 0.15) is 0 Å². The van der Waals surface area contributed by atoms with Crippen molar-refractivity contribution in [2.75, 3.05) is 0 Å². The van der Waals surface area contributed by atoms with Crippen LogP contribution in [0.5, 0.6) is 0 Å². The summed E-state index contributed by atoms with van der Waals surface area (Å²) in [6, 6.07) is 0.551. The van der Waals surface area contributed by atoms with Crippen molar-refractivity contribution in [3.63, 3.8) is 0 Å². The van der Waals surface area contributed by atoms with Gasteiger partial charge in [-0.3, -0.25) is 11.3 Å². The maximum atomic E-state index is 5.50. The van der Waals surface area contributed by atoms with Gasteiger partial charge in [0.2, 0.25) is 0 Å². The Balaban J connectivity index is 2.37. The average Bonchev–Trinajstić information content (AvgIpc) is 2.68. The van der Waals surface area contributed by atoms with Gasteiger partial charge in [0.25, 0.3) is 0 Å². The molecule has 4 unspecified atom stereocenters. The Morgan fingerprint density at radius 3 is 2.45 bits per heavy atom. The molecule has 11 heavy (non-hydrogen) atoms. The Bertz CT molecular complexity index is 121. The molecule has 0 aromatic rings. The summed E-state index contributed by atoms with van der Waals surface area (Å²) in [5.41, 5.74) is 2.95. The van der Waals surface area contributed by atoms with Gasteiger partial charge in [-0.15, -0.1) is 0 Å². The zero-order chi connectivity index (χ0) is 8.43. The van der Waals surface area contributed by atoms with Crippen LogP contribution in [0.2, 0.25) is 0 Å². The van der Waals surface area contributed by atoms with E-state index in [0.717, 1.165) is 17.8 Å². The molecule has 1 saturated carbocycles. The molecule has 0 saturated heterocycles. The second kappa shape index (κ2) is 3.55. The third-order valence-corrected chi connectivity index (χ3v) is 3.08. The summed E-state index contributed by atoms with van der Waals surface area (Å²) < 4.78 is 0. The largest absolute Gasteiger partial charge is 0.271 e. The highest BCUT2D eigenvalue weighted by molar-refractivity contribution is 4.93. The summed E-state index contributed by atoms with van der Waals surface area (Å²) in [6.45, 7) is 6.80. The molecule has 1 rings (SSSR count). The van der Waals surface area contributed by atoms with E-state index in [-0.39, 0.29) is 0 Å². The van der Waals surface area contributed by atoms with Crippen LogP contribution in [-0.2, 0) is 0 Å². The fourth-order valence-corrected chi connectivity index (χ4v) is 1.82. The lowest BCUT2D eigenvalue weighted by Gasteiger charge is -2.21. The van der Waals surface area contributed by atoms with Crippen LogP contribution in [0.25, 0.3) is 0 Å². The second-order valence-electron chi connectivity index (χ2n) is 3.95. The van der Waals surface area contributed by atoms with Gasteiger partial charge in [0.05, 0.1) is 0 Å². The molecule has 1 fully saturated rings. The summed E-state index contributed by atoms with van der Waals surface area (Å²) in [5.74, 6) is 7.96. The molecule has 1 aliphatic rings. The maximum absolute atomic E-state index is 5.50. The molecule has 0 aromatic heterocycles. The number of rotatable bonds is 4. The summed E-state index contributed by atoms with van der Waals surface area (Å²) in [5, 5.41) is 0. The van der Waals surface area contributed by atoms with E-state index < -0.39 is 0 Å². The van der Waals surface area contributed by atoms with Crippen LogP contribution in [0.3, 0.4) is 0 Å². The van der Waals surface area contributed by atoms with Crippen molar-refractivity contribution in [3.05, 3.63) is 0 Å². The maximum Gasteiger partial charge on any atom is 0.0266 e. The van der Waals surface area contributed by atoms with Crippen LogP contribution in [0.1, 0.15) is 33.6 Å². The molecular weight excluding hydrogens is 136 g/mol. The molecule has 0 amide bonds. The van der Waals surface area contributed by atoms with Crippen LogP contribution in [-0.4, -0.2) is 6.04 Å². The third-order valence-electron chi connectivity index (χ3n) is 3.08. The van der Waals surface area contributed by atoms with E-state index in [1.54, 1.807) is 0 Å². The van der Waals surface area contributed by atoms with Gasteiger partial charge in [-0.25, -0.2) is 0 Å². The number of hydrazine groups is 1. The van der Waals surface area contributed by atoms with Crippen LogP contribution in [0, 0.1) is 17.8 Å². The van der Waals surface area contributed by atoms with Crippen LogP contribution < -0.4 is 11.3 Å². The summed E-state index contributed by atoms with van der Waals surface area (Å²) in [4.78, 5) is 0. The predicted molar refractivity (Wildman–Crippen MR) is 47.8 cm³/mol. The molecule has 2 heteroatoms. The average molecular weight is 156 g/mol. The molecule has 0 bridgehead atoms. The van der Waals surface area contributed by atoms with Crippen LogP contribution in [0.4, 0.5) is 0 Å². The molecule has 0 aromatic carbocycles. The molecule has 66 valence electrons. The minimum absolute atomic E-state index is 0.551. The molecule has 0 aliphatic heterocycles. The quantitative estimate of drug-likeness (QED) is 0.478. The monoisotopic (exact) mass is 156 g/mol. The molecule has 4 atom stereocenters. The molecular formula is C9H20N2. The van der Waals surface area contributed by atoms with Crippen molar-refractivity contribution < 1.29 is 0 Å². The Hall–Kier alpha value is -0.0800. The topological polar surface area (TPSA) is 38.0 Å². The van der Waals surface area contributed by atoms with E-state index in [1.165, 1.54) is 12.8 Å². The van der Waals surface area contributed by atoms with Crippen LogP contribution >= 0.6 is 0 Å². The first-order chi connectivity index (χ1) is 5.20. The van der Waals surface area contributed by atoms with E-state index in [2.05, 4.69) is 26.2 Å². The summed E-state index contributed by atoms with van der Waals surface area (Å²) in [6.07, 6.45) is 2.58. The van der Waals surface area contributed by atoms with Gasteiger partial charge < -0.3 is 0 Å². The van der Waals surface area contributed by atoms with Crippen molar-refractivity contribution in [1.82, 2.24) is 5.43 Å². The number of nitrogens with one attached hydrogen (secondary N) is 1. The lowest BCUT2D eigenvalue weighted by atomic mass is 9.95. The van der Waals surface area contributed by atoms with E-state index in [9.17, 15) is 0 Å². The normalized spacial score (nSPS) is 34.9. The zero-order valence-electron chi connectivity index (χ0n) is 7.80. The van der Waals surface area contributed by atoms with Gasteiger partial charge in [-0.05, 0) is 24.2 Å². The van der Waals surface area contributed by atoms with Crippen LogP contribution in [0.15, 0.2) is 0 Å². The standard InChI is InChI=1S/C9H20N2/c1-4-6(2)9(11-10)8-5-7(8)3/h6-9,11H,4-5,10H2,1-3H3. The lowest BCUT2D eigenvalue weighted by Crippen LogP contribution is -2.41. The summed E-state index contributed by atoms with van der Waals surface area (Å²) >= 11 is 0. The second-order valence-corrected chi connectivity index (χ2v) is 3.95. The number of hydrogen-bond donors (Lipinski definition) is 2. The minimum atomic E-state index is 0.551. The number of hydrogen-bond acceptors (Lipinski definition) is 2. The Kier molecular flexibility index (Phi) is 2.90. The lowest BCUT2D eigenvalue weighted by molar-refractivity contribution is 0.328. The van der Waals surface area contributed by atoms with Crippen molar-refractivity contribution in [2.24, 2.45) is 23.6 Å². The van der Waals surface area contributed by atoms with Crippen molar-refractivity contribution in [2.45, 2.75) is 39.7 Å². The van der Waals surface area contributed by atoms with Crippen molar-refractivity contribution >= 4 is 0 Å². The van der Waals surface area contributed by atoms with E-state index in [4.69, 9.17) is 5.84 Å². The first-order valence-electron chi connectivity index (χ1n) is 4.66. The first-order valence-corrected chi connectivity index (χ1v) is 4.66. The molecule has 2 nitrogen and oxygen atoms in total. The minimum Gasteiger partial charge on any atom is -0.271 e. The van der Waals surface area contributed by atoms with Crippen molar-refractivity contribution in [3.8, 4) is 0 Å². The highest BCUT2D eigenvalue weighted by atomic mass is 15.2. The third kappa shape index (κ3) is 1.94. The zero-order valence-corrected chi connectivity index (χ0v) is 7.80. The van der Waals surface area contributed by atoms with E-state index in [0.29, 0.717) is 6.04 Å². The van der Waals surface area contributed by atoms with Gasteiger partial charge in [0, 0.05) is 6.04 Å². The fourth-order valence-electron chi connectivity index (χ4n) is 1.82. The Labute approximate surface area is 69.5 Å². The fraction of sp³-hybridized carbons (Fsp3) is 1.00. The Morgan fingerprint density at radius 2 is 2.18 bits per heavy atom. The smallest absolute Gasteiger partial charge is 0.0266 e. The van der Waals surface area contributed by atoms with Gasteiger partial charge in [0.15, 0.2) is 0 Å². The molecule has 0 radical (unpaired) electrons. The molecule has 0 spiro atoms. The SMILES string of the molecule is CCC(C)C(NN)C1CC1C. The highest BCUT2D eigenvalue weighted by Gasteiger charge is 2.40. The molecule has 1 aliphatic carbocycles. The highest BCUT2D eigenvalue weighted by Crippen LogP contribution is 2.42. The van der Waals surface area contributed by atoms with E-state index >= 15 is 0 Å². The molecule has 3 N–H and O–H groups in total. The molecule has 0 heterocycles. The van der Waals surface area contributed by atoms with E-state index in [1.807, 2.05) is 0 Å². The number of nitrogens with two attached hydrogens (primary N) is 1. The van der Waals surface area contributed by atoms with Gasteiger partial charge in [-0.1, -0.05) is 27.2 Å².